The van der Waals surface area contributed by atoms with E-state index >= 15 is 0 Å². The Labute approximate surface area is 186 Å². The molecule has 2 aromatic carbocycles. The lowest BCUT2D eigenvalue weighted by Crippen LogP contribution is -2.12. The first-order valence-corrected chi connectivity index (χ1v) is 11.4. The number of aromatic nitrogens is 3. The van der Waals surface area contributed by atoms with E-state index in [9.17, 15) is 9.18 Å². The lowest BCUT2D eigenvalue weighted by molar-refractivity contribution is -0.116. The number of aryl methyl sites for hydroxylation is 2. The maximum atomic E-state index is 12.9. The van der Waals surface area contributed by atoms with Crippen LogP contribution in [0.25, 0.3) is 11.3 Å². The van der Waals surface area contributed by atoms with Crippen molar-refractivity contribution in [1.29, 1.82) is 0 Å². The highest BCUT2D eigenvalue weighted by molar-refractivity contribution is 8.00. The fraction of sp³-hybridized carbons (Fsp3) is 0.182. The summed E-state index contributed by atoms with van der Waals surface area (Å²) in [4.78, 5) is 21.0. The van der Waals surface area contributed by atoms with Crippen molar-refractivity contribution in [2.75, 3.05) is 5.32 Å². The van der Waals surface area contributed by atoms with E-state index in [1.54, 1.807) is 23.1 Å². The molecule has 4 rings (SSSR count). The molecule has 6 nitrogen and oxygen atoms in total. The van der Waals surface area contributed by atoms with Gasteiger partial charge in [0.05, 0.1) is 11.4 Å². The lowest BCUT2D eigenvalue weighted by atomic mass is 10.1. The number of halogens is 1. The van der Waals surface area contributed by atoms with Crippen LogP contribution in [-0.2, 0) is 17.0 Å². The lowest BCUT2D eigenvalue weighted by Gasteiger charge is -2.03. The van der Waals surface area contributed by atoms with Crippen molar-refractivity contribution in [3.63, 3.8) is 0 Å². The molecule has 0 atom stereocenters. The Balaban J connectivity index is 1.25. The quantitative estimate of drug-likeness (QED) is 0.354. The van der Waals surface area contributed by atoms with Crippen molar-refractivity contribution in [3.05, 3.63) is 77.0 Å². The van der Waals surface area contributed by atoms with Crippen molar-refractivity contribution in [2.24, 2.45) is 0 Å². The number of nitrogens with zero attached hydrogens (tertiary/aromatic N) is 3. The summed E-state index contributed by atoms with van der Waals surface area (Å²) < 4.78 is 19.1. The molecule has 0 spiro atoms. The monoisotopic (exact) mass is 454 g/mol. The number of anilines is 1. The van der Waals surface area contributed by atoms with Gasteiger partial charge in [0, 0.05) is 29.5 Å². The van der Waals surface area contributed by atoms with E-state index in [1.807, 2.05) is 5.38 Å². The molecular formula is C22H19FN4O2S2. The maximum Gasteiger partial charge on any atom is 0.227 e. The molecule has 1 amide bonds. The Hall–Kier alpha value is -3.04. The molecule has 2 aromatic heterocycles. The number of hydrogen-bond acceptors (Lipinski definition) is 7. The van der Waals surface area contributed by atoms with Gasteiger partial charge in [-0.1, -0.05) is 46.7 Å². The Morgan fingerprint density at radius 2 is 1.90 bits per heavy atom. The zero-order valence-corrected chi connectivity index (χ0v) is 18.3. The number of rotatable bonds is 8. The van der Waals surface area contributed by atoms with Crippen LogP contribution in [0.5, 0.6) is 0 Å². The minimum absolute atomic E-state index is 0.193. The van der Waals surface area contributed by atoms with Crippen LogP contribution >= 0.6 is 23.1 Å². The van der Waals surface area contributed by atoms with Gasteiger partial charge in [-0.25, -0.2) is 9.37 Å². The van der Waals surface area contributed by atoms with E-state index < -0.39 is 0 Å². The van der Waals surface area contributed by atoms with Crippen LogP contribution in [0.15, 0.2) is 62.8 Å². The second-order valence-corrected chi connectivity index (χ2v) is 8.89. The second kappa shape index (κ2) is 9.84. The summed E-state index contributed by atoms with van der Waals surface area (Å²) in [6.07, 6.45) is 0.526. The first kappa shape index (κ1) is 21.2. The molecule has 31 heavy (non-hydrogen) atoms. The molecule has 1 N–H and O–H groups in total. The van der Waals surface area contributed by atoms with Crippen LogP contribution in [-0.4, -0.2) is 21.0 Å². The molecule has 0 saturated carbocycles. The number of carbonyl (C=O) groups is 1. The van der Waals surface area contributed by atoms with Crippen molar-refractivity contribution in [2.45, 2.75) is 29.9 Å². The first-order chi connectivity index (χ1) is 15.0. The summed E-state index contributed by atoms with van der Waals surface area (Å²) >= 11 is 3.13. The standard InChI is InChI=1S/C22H19FN4O2S2/c1-14-2-4-15(5-3-14)18-12-30-22(25-18)31-13-19-26-21(29-27-19)11-10-20(28)24-17-8-6-16(23)7-9-17/h2-9,12H,10-11,13H2,1H3,(H,24,28). The fourth-order valence-corrected chi connectivity index (χ4v) is 4.41. The number of carbonyl (C=O) groups excluding carboxylic acids is 1. The van der Waals surface area contributed by atoms with Gasteiger partial charge in [-0.05, 0) is 31.2 Å². The van der Waals surface area contributed by atoms with Gasteiger partial charge >= 0.3 is 0 Å². The van der Waals surface area contributed by atoms with E-state index in [0.717, 1.165) is 15.6 Å². The largest absolute Gasteiger partial charge is 0.339 e. The van der Waals surface area contributed by atoms with Gasteiger partial charge in [0.1, 0.15) is 5.82 Å². The number of hydrogen-bond donors (Lipinski definition) is 1. The number of thioether (sulfide) groups is 1. The van der Waals surface area contributed by atoms with Gasteiger partial charge in [-0.2, -0.15) is 4.98 Å². The highest BCUT2D eigenvalue weighted by atomic mass is 32.2. The van der Waals surface area contributed by atoms with Gasteiger partial charge in [0.25, 0.3) is 0 Å². The van der Waals surface area contributed by atoms with Gasteiger partial charge < -0.3 is 9.84 Å². The molecule has 158 valence electrons. The Morgan fingerprint density at radius 1 is 1.13 bits per heavy atom. The fourth-order valence-electron chi connectivity index (χ4n) is 2.73. The van der Waals surface area contributed by atoms with E-state index in [-0.39, 0.29) is 18.1 Å². The predicted molar refractivity (Wildman–Crippen MR) is 119 cm³/mol. The normalized spacial score (nSPS) is 10.9. The summed E-state index contributed by atoms with van der Waals surface area (Å²) in [6.45, 7) is 2.06. The molecule has 0 aliphatic heterocycles. The second-order valence-electron chi connectivity index (χ2n) is 6.81. The van der Waals surface area contributed by atoms with Crippen molar-refractivity contribution < 1.29 is 13.7 Å². The Kier molecular flexibility index (Phi) is 6.73. The molecule has 0 unspecified atom stereocenters. The van der Waals surface area contributed by atoms with Crippen LogP contribution in [0.1, 0.15) is 23.7 Å². The Bertz CT molecular complexity index is 1160. The van der Waals surface area contributed by atoms with Gasteiger partial charge in [-0.3, -0.25) is 4.79 Å². The van der Waals surface area contributed by atoms with Gasteiger partial charge in [-0.15, -0.1) is 11.3 Å². The maximum absolute atomic E-state index is 12.9. The van der Waals surface area contributed by atoms with Gasteiger partial charge in [0.15, 0.2) is 10.2 Å². The number of nitrogens with one attached hydrogen (secondary N) is 1. The zero-order valence-electron chi connectivity index (χ0n) is 16.7. The van der Waals surface area contributed by atoms with Gasteiger partial charge in [0.2, 0.25) is 11.8 Å². The van der Waals surface area contributed by atoms with E-state index in [4.69, 9.17) is 4.52 Å². The zero-order chi connectivity index (χ0) is 21.6. The highest BCUT2D eigenvalue weighted by Crippen LogP contribution is 2.30. The molecule has 0 bridgehead atoms. The third-order valence-electron chi connectivity index (χ3n) is 4.36. The van der Waals surface area contributed by atoms with Crippen LogP contribution in [0.3, 0.4) is 0 Å². The minimum Gasteiger partial charge on any atom is -0.339 e. The minimum atomic E-state index is -0.349. The Morgan fingerprint density at radius 3 is 2.68 bits per heavy atom. The van der Waals surface area contributed by atoms with Crippen LogP contribution < -0.4 is 5.32 Å². The van der Waals surface area contributed by atoms with Crippen molar-refractivity contribution in [3.8, 4) is 11.3 Å². The molecule has 0 aliphatic rings. The molecule has 4 aromatic rings. The van der Waals surface area contributed by atoms with Crippen LogP contribution in [0.4, 0.5) is 10.1 Å². The molecule has 0 radical (unpaired) electrons. The van der Waals surface area contributed by atoms with E-state index in [0.29, 0.717) is 29.6 Å². The average Bonchev–Trinajstić information content (AvgIpc) is 3.42. The SMILES string of the molecule is Cc1ccc(-c2csc(SCc3noc(CCC(=O)Nc4ccc(F)cc4)n3)n2)cc1. The smallest absolute Gasteiger partial charge is 0.227 e. The molecule has 2 heterocycles. The molecule has 0 fully saturated rings. The van der Waals surface area contributed by atoms with E-state index in [1.165, 1.54) is 29.8 Å². The molecule has 0 saturated heterocycles. The summed E-state index contributed by atoms with van der Waals surface area (Å²) in [5.41, 5.74) is 3.81. The van der Waals surface area contributed by atoms with Crippen LogP contribution in [0, 0.1) is 12.7 Å². The summed E-state index contributed by atoms with van der Waals surface area (Å²) in [6, 6.07) is 13.9. The highest BCUT2D eigenvalue weighted by Gasteiger charge is 2.12. The summed E-state index contributed by atoms with van der Waals surface area (Å²) in [7, 11) is 0. The number of amides is 1. The predicted octanol–water partition coefficient (Wildman–Crippen LogP) is 5.50. The average molecular weight is 455 g/mol. The van der Waals surface area contributed by atoms with Crippen molar-refractivity contribution >= 4 is 34.7 Å². The van der Waals surface area contributed by atoms with E-state index in [2.05, 4.69) is 51.6 Å². The topological polar surface area (TPSA) is 80.9 Å². The summed E-state index contributed by atoms with van der Waals surface area (Å²) in [5.74, 6) is 0.951. The summed E-state index contributed by atoms with van der Waals surface area (Å²) in [5, 5.41) is 8.72. The molecule has 9 heteroatoms. The number of thiazole rings is 1. The van der Waals surface area contributed by atoms with Crippen LogP contribution in [0.2, 0.25) is 0 Å². The molecular weight excluding hydrogens is 435 g/mol. The molecule has 0 aliphatic carbocycles. The third kappa shape index (κ3) is 5.99. The number of benzene rings is 2. The van der Waals surface area contributed by atoms with Crippen molar-refractivity contribution in [1.82, 2.24) is 15.1 Å². The first-order valence-electron chi connectivity index (χ1n) is 9.57. The third-order valence-corrected chi connectivity index (χ3v) is 6.38.